The first-order valence-electron chi connectivity index (χ1n) is 5.02. The minimum atomic E-state index is -0.351. The van der Waals surface area contributed by atoms with E-state index in [0.717, 1.165) is 4.47 Å². The Morgan fingerprint density at radius 1 is 1.39 bits per heavy atom. The number of nitrogens with zero attached hydrogens (tertiary/aromatic N) is 3. The van der Waals surface area contributed by atoms with E-state index in [0.29, 0.717) is 5.65 Å². The zero-order valence-electron chi connectivity index (χ0n) is 8.91. The number of pyridine rings is 1. The van der Waals surface area contributed by atoms with Gasteiger partial charge in [-0.25, -0.2) is 4.52 Å². The van der Waals surface area contributed by atoms with Crippen molar-refractivity contribution in [2.75, 3.05) is 0 Å². The Kier molecular flexibility index (Phi) is 2.64. The zero-order chi connectivity index (χ0) is 12.7. The minimum Gasteiger partial charge on any atom is -0.459 e. The van der Waals surface area contributed by atoms with Crippen molar-refractivity contribution >= 4 is 39.7 Å². The molecule has 0 unspecified atom stereocenters. The molecule has 0 saturated carbocycles. The Hall–Kier alpha value is -1.73. The lowest BCUT2D eigenvalue weighted by molar-refractivity contribution is 0.0910. The summed E-state index contributed by atoms with van der Waals surface area (Å²) in [6, 6.07) is 6.84. The lowest BCUT2D eigenvalue weighted by Crippen LogP contribution is -2.16. The number of fused-ring (bicyclic) bond motifs is 1. The van der Waals surface area contributed by atoms with Crippen LogP contribution in [0.3, 0.4) is 0 Å². The maximum Gasteiger partial charge on any atom is 0.315 e. The van der Waals surface area contributed by atoms with Crippen molar-refractivity contribution in [3.05, 3.63) is 51.7 Å². The average Bonchev–Trinajstić information content (AvgIpc) is 2.94. The molecule has 0 bridgehead atoms. The van der Waals surface area contributed by atoms with Crippen LogP contribution in [0.2, 0.25) is 0 Å². The van der Waals surface area contributed by atoms with Gasteiger partial charge < -0.3 is 4.42 Å². The Labute approximate surface area is 115 Å². The second kappa shape index (κ2) is 4.18. The van der Waals surface area contributed by atoms with Gasteiger partial charge in [-0.15, -0.1) is 0 Å². The summed E-state index contributed by atoms with van der Waals surface area (Å²) >= 11 is 8.44. The van der Waals surface area contributed by atoms with Crippen LogP contribution >= 0.6 is 28.1 Å². The molecular formula is C11H6BrN3O2S. The Morgan fingerprint density at radius 3 is 2.94 bits per heavy atom. The molecule has 7 heteroatoms. The highest BCUT2D eigenvalue weighted by Gasteiger charge is 2.16. The molecule has 3 heterocycles. The van der Waals surface area contributed by atoms with Gasteiger partial charge in [-0.2, -0.15) is 9.67 Å². The molecule has 0 aromatic carbocycles. The summed E-state index contributed by atoms with van der Waals surface area (Å²) in [6.07, 6.45) is 3.16. The fourth-order valence-corrected chi connectivity index (χ4v) is 2.22. The molecule has 5 nitrogen and oxygen atoms in total. The van der Waals surface area contributed by atoms with Crippen molar-refractivity contribution in [3.8, 4) is 0 Å². The molecule has 0 N–H and O–H groups in total. The molecule has 0 saturated heterocycles. The number of furan rings is 1. The highest BCUT2D eigenvalue weighted by Crippen LogP contribution is 2.13. The standard InChI is InChI=1S/C11H6BrN3O2S/c12-7-3-4-9-13-11(18)15(14(9)6-7)10(16)8-2-1-5-17-8/h1-6H. The summed E-state index contributed by atoms with van der Waals surface area (Å²) in [7, 11) is 0. The first-order chi connectivity index (χ1) is 8.66. The van der Waals surface area contributed by atoms with E-state index >= 15 is 0 Å². The van der Waals surface area contributed by atoms with E-state index in [1.54, 1.807) is 28.9 Å². The van der Waals surface area contributed by atoms with Crippen molar-refractivity contribution in [2.45, 2.75) is 0 Å². The summed E-state index contributed by atoms with van der Waals surface area (Å²) < 4.78 is 8.96. The van der Waals surface area contributed by atoms with Crippen LogP contribution < -0.4 is 0 Å². The summed E-state index contributed by atoms with van der Waals surface area (Å²) in [6.45, 7) is 0. The lowest BCUT2D eigenvalue weighted by atomic mass is 10.4. The van der Waals surface area contributed by atoms with Crippen LogP contribution in [0.5, 0.6) is 0 Å². The van der Waals surface area contributed by atoms with Gasteiger partial charge in [-0.3, -0.25) is 4.79 Å². The molecule has 0 atom stereocenters. The van der Waals surface area contributed by atoms with Crippen molar-refractivity contribution in [1.82, 2.24) is 14.2 Å². The van der Waals surface area contributed by atoms with E-state index in [2.05, 4.69) is 20.9 Å². The Bertz CT molecular complexity index is 788. The fourth-order valence-electron chi connectivity index (χ4n) is 1.63. The molecule has 3 rings (SSSR count). The van der Waals surface area contributed by atoms with E-state index < -0.39 is 0 Å². The molecular weight excluding hydrogens is 318 g/mol. The normalized spacial score (nSPS) is 10.9. The van der Waals surface area contributed by atoms with E-state index in [1.165, 1.54) is 10.9 Å². The number of hydrogen-bond acceptors (Lipinski definition) is 4. The third-order valence-corrected chi connectivity index (χ3v) is 3.14. The number of halogens is 1. The van der Waals surface area contributed by atoms with E-state index in [9.17, 15) is 4.79 Å². The van der Waals surface area contributed by atoms with Crippen LogP contribution in [0, 0.1) is 4.77 Å². The smallest absolute Gasteiger partial charge is 0.315 e. The largest absolute Gasteiger partial charge is 0.459 e. The maximum absolute atomic E-state index is 12.2. The average molecular weight is 324 g/mol. The molecule has 0 radical (unpaired) electrons. The van der Waals surface area contributed by atoms with Gasteiger partial charge >= 0.3 is 5.91 Å². The summed E-state index contributed by atoms with van der Waals surface area (Å²) in [4.78, 5) is 16.4. The Balaban J connectivity index is 2.29. The number of rotatable bonds is 1. The quantitative estimate of drug-likeness (QED) is 0.646. The van der Waals surface area contributed by atoms with E-state index in [4.69, 9.17) is 16.6 Å². The highest BCUT2D eigenvalue weighted by molar-refractivity contribution is 9.10. The first-order valence-corrected chi connectivity index (χ1v) is 6.22. The van der Waals surface area contributed by atoms with Crippen molar-refractivity contribution < 1.29 is 9.21 Å². The van der Waals surface area contributed by atoms with Crippen molar-refractivity contribution in [2.24, 2.45) is 0 Å². The Morgan fingerprint density at radius 2 is 2.22 bits per heavy atom. The van der Waals surface area contributed by atoms with Gasteiger partial charge in [0, 0.05) is 10.7 Å². The van der Waals surface area contributed by atoms with Gasteiger partial charge in [0.1, 0.15) is 0 Å². The van der Waals surface area contributed by atoms with Gasteiger partial charge in [0.2, 0.25) is 4.77 Å². The van der Waals surface area contributed by atoms with Gasteiger partial charge in [0.25, 0.3) is 0 Å². The molecule has 0 amide bonds. The van der Waals surface area contributed by atoms with Gasteiger partial charge in [-0.1, -0.05) is 0 Å². The SMILES string of the molecule is O=C(c1ccco1)n1c(=S)nc2ccc(Br)cn21. The molecule has 0 aliphatic carbocycles. The van der Waals surface area contributed by atoms with Crippen LogP contribution in [0.1, 0.15) is 10.6 Å². The van der Waals surface area contributed by atoms with Crippen molar-refractivity contribution in [3.63, 3.8) is 0 Å². The summed E-state index contributed by atoms with van der Waals surface area (Å²) in [5, 5.41) is 0. The molecule has 3 aromatic heterocycles. The van der Waals surface area contributed by atoms with E-state index in [1.807, 2.05) is 6.07 Å². The first kappa shape index (κ1) is 11.4. The number of carbonyl (C=O) groups is 1. The number of carbonyl (C=O) groups excluding carboxylic acids is 1. The lowest BCUT2D eigenvalue weighted by Gasteiger charge is -2.02. The van der Waals surface area contributed by atoms with Gasteiger partial charge in [0.15, 0.2) is 11.4 Å². The van der Waals surface area contributed by atoms with Gasteiger partial charge in [-0.05, 0) is 52.4 Å². The van der Waals surface area contributed by atoms with Crippen LogP contribution in [0.15, 0.2) is 45.6 Å². The maximum atomic E-state index is 12.2. The van der Waals surface area contributed by atoms with Crippen LogP contribution in [0.25, 0.3) is 5.65 Å². The van der Waals surface area contributed by atoms with E-state index in [-0.39, 0.29) is 16.4 Å². The van der Waals surface area contributed by atoms with Crippen LogP contribution in [-0.4, -0.2) is 20.1 Å². The van der Waals surface area contributed by atoms with Crippen LogP contribution in [0.4, 0.5) is 0 Å². The second-order valence-corrected chi connectivity index (χ2v) is 4.82. The van der Waals surface area contributed by atoms with Crippen molar-refractivity contribution in [1.29, 1.82) is 0 Å². The number of aromatic nitrogens is 3. The fraction of sp³-hybridized carbons (Fsp3) is 0. The topological polar surface area (TPSA) is 52.4 Å². The molecule has 0 aliphatic rings. The molecule has 18 heavy (non-hydrogen) atoms. The third-order valence-electron chi connectivity index (χ3n) is 2.40. The molecule has 0 fully saturated rings. The minimum absolute atomic E-state index is 0.189. The number of hydrogen-bond donors (Lipinski definition) is 0. The molecule has 90 valence electrons. The predicted molar refractivity (Wildman–Crippen MR) is 70.2 cm³/mol. The molecule has 0 spiro atoms. The van der Waals surface area contributed by atoms with Crippen LogP contribution in [-0.2, 0) is 0 Å². The zero-order valence-corrected chi connectivity index (χ0v) is 11.3. The summed E-state index contributed by atoms with van der Waals surface area (Å²) in [5.41, 5.74) is 0.600. The second-order valence-electron chi connectivity index (χ2n) is 3.54. The highest BCUT2D eigenvalue weighted by atomic mass is 79.9. The molecule has 0 aliphatic heterocycles. The predicted octanol–water partition coefficient (Wildman–Crippen LogP) is 2.91. The molecule has 3 aromatic rings. The third kappa shape index (κ3) is 1.72. The monoisotopic (exact) mass is 323 g/mol. The summed E-state index contributed by atoms with van der Waals surface area (Å²) in [5.74, 6) is -0.136. The van der Waals surface area contributed by atoms with Gasteiger partial charge in [0.05, 0.1) is 6.26 Å².